The smallest absolute Gasteiger partial charge is 0.256 e. The highest BCUT2D eigenvalue weighted by atomic mass is 16.2. The minimum atomic E-state index is -0.247. The topological polar surface area (TPSA) is 135 Å². The van der Waals surface area contributed by atoms with Gasteiger partial charge in [-0.2, -0.15) is 5.10 Å². The Morgan fingerprint density at radius 1 is 1.11 bits per heavy atom. The zero-order valence-electron chi connectivity index (χ0n) is 25.5. The Bertz CT molecular complexity index is 1690. The molecule has 228 valence electrons. The fraction of sp³-hybridized carbons (Fsp3) is 0.394. The first-order valence-electron chi connectivity index (χ1n) is 15.3. The van der Waals surface area contributed by atoms with E-state index in [-0.39, 0.29) is 17.9 Å². The summed E-state index contributed by atoms with van der Waals surface area (Å²) in [4.78, 5) is 43.3. The Labute approximate surface area is 257 Å². The lowest BCUT2D eigenvalue weighted by atomic mass is 10.0. The van der Waals surface area contributed by atoms with Crippen molar-refractivity contribution in [3.63, 3.8) is 0 Å². The van der Waals surface area contributed by atoms with E-state index in [0.29, 0.717) is 59.0 Å². The average molecular weight is 594 g/mol. The molecule has 6 rings (SSSR count). The van der Waals surface area contributed by atoms with Gasteiger partial charge >= 0.3 is 0 Å². The second-order valence-corrected chi connectivity index (χ2v) is 12.1. The third kappa shape index (κ3) is 6.33. The Morgan fingerprint density at radius 3 is 2.66 bits per heavy atom. The summed E-state index contributed by atoms with van der Waals surface area (Å²) in [5.74, 6) is 0.951. The summed E-state index contributed by atoms with van der Waals surface area (Å²) in [6.07, 6.45) is 11.0. The molecule has 2 fully saturated rings. The van der Waals surface area contributed by atoms with Crippen LogP contribution in [0, 0.1) is 0 Å². The largest absolute Gasteiger partial charge is 0.383 e. The highest BCUT2D eigenvalue weighted by Crippen LogP contribution is 2.34. The number of piperidine rings is 1. The fourth-order valence-corrected chi connectivity index (χ4v) is 5.74. The number of amides is 2. The van der Waals surface area contributed by atoms with Gasteiger partial charge in [0.1, 0.15) is 23.7 Å². The second-order valence-electron chi connectivity index (χ2n) is 12.1. The van der Waals surface area contributed by atoms with Crippen molar-refractivity contribution < 1.29 is 9.59 Å². The Morgan fingerprint density at radius 2 is 1.91 bits per heavy atom. The molecule has 0 radical (unpaired) electrons. The van der Waals surface area contributed by atoms with Gasteiger partial charge in [0.15, 0.2) is 5.65 Å². The van der Waals surface area contributed by atoms with E-state index < -0.39 is 0 Å². The van der Waals surface area contributed by atoms with Crippen molar-refractivity contribution in [1.82, 2.24) is 34.5 Å². The monoisotopic (exact) mass is 593 g/mol. The highest BCUT2D eigenvalue weighted by Gasteiger charge is 2.29. The fourth-order valence-electron chi connectivity index (χ4n) is 5.74. The first-order valence-corrected chi connectivity index (χ1v) is 15.3. The lowest BCUT2D eigenvalue weighted by Gasteiger charge is -2.32. The molecule has 1 unspecified atom stereocenters. The van der Waals surface area contributed by atoms with E-state index in [0.717, 1.165) is 30.5 Å². The summed E-state index contributed by atoms with van der Waals surface area (Å²) < 4.78 is 1.89. The van der Waals surface area contributed by atoms with Crippen molar-refractivity contribution in [2.45, 2.75) is 57.5 Å². The van der Waals surface area contributed by atoms with Crippen LogP contribution in [0.5, 0.6) is 0 Å². The minimum Gasteiger partial charge on any atom is -0.383 e. The summed E-state index contributed by atoms with van der Waals surface area (Å²) in [5.41, 5.74) is 10.0. The number of carbonyl (C=O) groups excluding carboxylic acids is 2. The first kappa shape index (κ1) is 29.4. The second kappa shape index (κ2) is 12.5. The molecule has 11 nitrogen and oxygen atoms in total. The zero-order chi connectivity index (χ0) is 30.8. The van der Waals surface area contributed by atoms with Gasteiger partial charge in [0.25, 0.3) is 5.91 Å². The number of likely N-dealkylation sites (N-methyl/N-ethyl adjacent to an activating group) is 1. The lowest BCUT2D eigenvalue weighted by Crippen LogP contribution is -2.40. The van der Waals surface area contributed by atoms with E-state index >= 15 is 0 Å². The van der Waals surface area contributed by atoms with Crippen LogP contribution in [0.2, 0.25) is 0 Å². The van der Waals surface area contributed by atoms with Gasteiger partial charge in [0.2, 0.25) is 5.91 Å². The molecule has 44 heavy (non-hydrogen) atoms. The molecule has 0 bridgehead atoms. The van der Waals surface area contributed by atoms with Crippen LogP contribution in [0.4, 0.5) is 11.6 Å². The van der Waals surface area contributed by atoms with Crippen LogP contribution in [0.25, 0.3) is 22.3 Å². The van der Waals surface area contributed by atoms with E-state index in [2.05, 4.69) is 46.1 Å². The molecule has 1 aromatic carbocycles. The molecule has 2 aliphatic rings. The van der Waals surface area contributed by atoms with Crippen LogP contribution in [0.1, 0.15) is 67.4 Å². The summed E-state index contributed by atoms with van der Waals surface area (Å²) >= 11 is 0. The molecule has 11 heteroatoms. The third-order valence-electron chi connectivity index (χ3n) is 8.51. The summed E-state index contributed by atoms with van der Waals surface area (Å²) in [5, 5.41) is 8.53. The Kier molecular flexibility index (Phi) is 8.38. The van der Waals surface area contributed by atoms with E-state index in [1.54, 1.807) is 24.4 Å². The van der Waals surface area contributed by atoms with E-state index in [4.69, 9.17) is 10.8 Å². The number of nitrogens with zero attached hydrogens (tertiary/aromatic N) is 7. The number of aromatic nitrogens is 5. The molecule has 1 saturated heterocycles. The van der Waals surface area contributed by atoms with Crippen LogP contribution in [0.3, 0.4) is 0 Å². The van der Waals surface area contributed by atoms with Gasteiger partial charge in [0, 0.05) is 49.1 Å². The number of nitrogen functional groups attached to an aromatic ring is 1. The van der Waals surface area contributed by atoms with E-state index in [9.17, 15) is 9.59 Å². The van der Waals surface area contributed by atoms with Crippen LogP contribution >= 0.6 is 0 Å². The van der Waals surface area contributed by atoms with Crippen LogP contribution in [-0.2, 0) is 4.79 Å². The minimum absolute atomic E-state index is 0.0183. The van der Waals surface area contributed by atoms with Gasteiger partial charge in [-0.05, 0) is 68.5 Å². The molecule has 1 atom stereocenters. The van der Waals surface area contributed by atoms with Gasteiger partial charge < -0.3 is 16.0 Å². The molecule has 1 aliphatic carbocycles. The maximum Gasteiger partial charge on any atom is 0.256 e. The number of benzene rings is 1. The number of hydrogen-bond donors (Lipinski definition) is 2. The number of hydrogen-bond acceptors (Lipinski definition) is 8. The molecular weight excluding hydrogens is 554 g/mol. The SMILES string of the molecule is CC(C)c1ccnc(NC(=O)c2ccc(-c3nn(C4CCCN(C(=O)C=CCN(C)C5CC5)C4)c4ncnc(N)c34)cc2)c1. The van der Waals surface area contributed by atoms with Gasteiger partial charge in [-0.1, -0.05) is 32.1 Å². The van der Waals surface area contributed by atoms with Crippen molar-refractivity contribution in [1.29, 1.82) is 0 Å². The quantitative estimate of drug-likeness (QED) is 0.268. The number of pyridine rings is 1. The molecule has 1 saturated carbocycles. The highest BCUT2D eigenvalue weighted by molar-refractivity contribution is 6.04. The maximum absolute atomic E-state index is 13.0. The predicted molar refractivity (Wildman–Crippen MR) is 171 cm³/mol. The molecule has 1 aliphatic heterocycles. The summed E-state index contributed by atoms with van der Waals surface area (Å²) in [6.45, 7) is 6.22. The standard InChI is InChI=1S/C33H39N9O2/c1-21(2)24-14-15-35-27(18-24)38-33(44)23-10-8-22(9-11-23)30-29-31(34)36-20-37-32(29)42(39-30)26-6-4-17-41(19-26)28(43)7-5-16-40(3)25-12-13-25/h5,7-11,14-15,18,20-21,25-26H,4,6,12-13,16-17,19H2,1-3H3,(H2,34,36,37)(H,35,38,44). The average Bonchev–Trinajstić information content (AvgIpc) is 3.81. The Hall–Kier alpha value is -4.64. The van der Waals surface area contributed by atoms with Crippen molar-refractivity contribution in [3.05, 3.63) is 72.2 Å². The summed E-state index contributed by atoms with van der Waals surface area (Å²) in [7, 11) is 2.10. The maximum atomic E-state index is 13.0. The molecule has 3 N–H and O–H groups in total. The van der Waals surface area contributed by atoms with Crippen LogP contribution in [0.15, 0.2) is 61.1 Å². The molecule has 4 aromatic rings. The third-order valence-corrected chi connectivity index (χ3v) is 8.51. The van der Waals surface area contributed by atoms with Gasteiger partial charge in [-0.15, -0.1) is 0 Å². The van der Waals surface area contributed by atoms with Crippen molar-refractivity contribution >= 4 is 34.5 Å². The van der Waals surface area contributed by atoms with Gasteiger partial charge in [-0.3, -0.25) is 14.5 Å². The van der Waals surface area contributed by atoms with Gasteiger partial charge in [0.05, 0.1) is 11.4 Å². The predicted octanol–water partition coefficient (Wildman–Crippen LogP) is 4.66. The lowest BCUT2D eigenvalue weighted by molar-refractivity contribution is -0.127. The number of rotatable bonds is 9. The number of nitrogens with two attached hydrogens (primary N) is 1. The number of likely N-dealkylation sites (tertiary alicyclic amines) is 1. The number of carbonyl (C=O) groups is 2. The first-order chi connectivity index (χ1) is 21.3. The molecule has 0 spiro atoms. The number of fused-ring (bicyclic) bond motifs is 1. The van der Waals surface area contributed by atoms with Crippen molar-refractivity contribution in [3.8, 4) is 11.3 Å². The molecule has 3 aromatic heterocycles. The molecule has 4 heterocycles. The normalized spacial score (nSPS) is 17.2. The van der Waals surface area contributed by atoms with E-state index in [1.165, 1.54) is 19.2 Å². The number of nitrogens with one attached hydrogen (secondary N) is 1. The molecular formula is C33H39N9O2. The number of anilines is 2. The Balaban J connectivity index is 1.21. The van der Waals surface area contributed by atoms with Crippen LogP contribution in [-0.4, -0.2) is 79.1 Å². The van der Waals surface area contributed by atoms with Crippen molar-refractivity contribution in [2.24, 2.45) is 0 Å². The van der Waals surface area contributed by atoms with E-state index in [1.807, 2.05) is 39.9 Å². The summed E-state index contributed by atoms with van der Waals surface area (Å²) in [6, 6.07) is 11.7. The van der Waals surface area contributed by atoms with Crippen LogP contribution < -0.4 is 11.1 Å². The van der Waals surface area contributed by atoms with Crippen molar-refractivity contribution in [2.75, 3.05) is 37.7 Å². The zero-order valence-corrected chi connectivity index (χ0v) is 25.5. The van der Waals surface area contributed by atoms with Gasteiger partial charge in [-0.25, -0.2) is 19.6 Å². The molecule has 2 amide bonds.